The maximum atomic E-state index is 2.68. The van der Waals surface area contributed by atoms with Crippen molar-refractivity contribution in [2.45, 2.75) is 32.6 Å². The molecule has 0 saturated carbocycles. The van der Waals surface area contributed by atoms with Crippen LogP contribution in [0.1, 0.15) is 31.4 Å². The predicted molar refractivity (Wildman–Crippen MR) is 274 cm³/mol. The van der Waals surface area contributed by atoms with Crippen LogP contribution in [0.25, 0.3) is 44.2 Å². The second-order valence-corrected chi connectivity index (χ2v) is 18.6. The van der Waals surface area contributed by atoms with Crippen molar-refractivity contribution in [2.75, 3.05) is 9.80 Å². The first-order valence-corrected chi connectivity index (χ1v) is 23.0. The Balaban J connectivity index is 1.16. The Bertz CT molecular complexity index is 3470. The van der Waals surface area contributed by atoms with Crippen LogP contribution < -0.4 is 20.7 Å². The molecule has 1 atom stereocenters. The van der Waals surface area contributed by atoms with Crippen molar-refractivity contribution in [1.82, 2.24) is 9.13 Å². The minimum Gasteiger partial charge on any atom is -0.314 e. The Morgan fingerprint density at radius 3 is 1.71 bits per heavy atom. The van der Waals surface area contributed by atoms with Crippen molar-refractivity contribution in [2.24, 2.45) is 5.92 Å². The van der Waals surface area contributed by atoms with Gasteiger partial charge in [-0.1, -0.05) is 147 Å². The lowest BCUT2D eigenvalue weighted by Gasteiger charge is -2.49. The molecule has 0 bridgehead atoms. The SMILES string of the molecule is Cc1cc2c3c(c1)C(C)(C)C1CC(N(c4ccccc4)c4ccccc4)=CC=C1B3c1ccc(N(c3ccccc3)c3ccccc3)c3c1n-2c1c2ccccc2n(-c2ccccc2)c31. The Morgan fingerprint density at radius 1 is 0.538 bits per heavy atom. The number of hydrogen-bond acceptors (Lipinski definition) is 2. The van der Waals surface area contributed by atoms with Crippen LogP contribution in [0.2, 0.25) is 0 Å². The first-order chi connectivity index (χ1) is 32.0. The number of fused-ring (bicyclic) bond motifs is 9. The van der Waals surface area contributed by atoms with Crippen molar-refractivity contribution in [3.05, 3.63) is 235 Å². The summed E-state index contributed by atoms with van der Waals surface area (Å²) in [5, 5.41) is 2.51. The van der Waals surface area contributed by atoms with Gasteiger partial charge < -0.3 is 18.9 Å². The molecule has 8 aromatic carbocycles. The molecule has 4 heterocycles. The van der Waals surface area contributed by atoms with Crippen LogP contribution in [0.15, 0.2) is 224 Å². The van der Waals surface area contributed by atoms with Gasteiger partial charge >= 0.3 is 0 Å². The molecule has 3 aliphatic rings. The molecule has 0 saturated heterocycles. The lowest BCUT2D eigenvalue weighted by molar-refractivity contribution is 0.365. The van der Waals surface area contributed by atoms with Crippen molar-refractivity contribution < 1.29 is 0 Å². The first-order valence-electron chi connectivity index (χ1n) is 23.0. The minimum absolute atomic E-state index is 0.0831. The van der Waals surface area contributed by atoms with Crippen LogP contribution in [0.3, 0.4) is 0 Å². The van der Waals surface area contributed by atoms with E-state index in [9.17, 15) is 0 Å². The van der Waals surface area contributed by atoms with Gasteiger partial charge in [-0.05, 0) is 132 Å². The number of hydrogen-bond donors (Lipinski definition) is 0. The number of allylic oxidation sites excluding steroid dienone is 4. The number of para-hydroxylation sites is 6. The Hall–Kier alpha value is -7.76. The summed E-state index contributed by atoms with van der Waals surface area (Å²) in [4.78, 5) is 4.94. The van der Waals surface area contributed by atoms with Crippen molar-refractivity contribution >= 4 is 78.9 Å². The molecule has 0 fully saturated rings. The summed E-state index contributed by atoms with van der Waals surface area (Å²) in [6.07, 6.45) is 5.87. The third-order valence-corrected chi connectivity index (χ3v) is 14.6. The Kier molecular flexibility index (Phi) is 8.36. The summed E-state index contributed by atoms with van der Waals surface area (Å²) < 4.78 is 5.21. The fourth-order valence-electron chi connectivity index (χ4n) is 11.9. The van der Waals surface area contributed by atoms with Crippen LogP contribution in [0.5, 0.6) is 0 Å². The molecular formula is C60H47BN4. The van der Waals surface area contributed by atoms with Gasteiger partial charge in [-0.15, -0.1) is 0 Å². The summed E-state index contributed by atoms with van der Waals surface area (Å²) in [5.41, 5.74) is 21.4. The first kappa shape index (κ1) is 37.8. The van der Waals surface area contributed by atoms with E-state index in [1.165, 1.54) is 83.1 Å². The molecule has 0 N–H and O–H groups in total. The van der Waals surface area contributed by atoms with E-state index < -0.39 is 0 Å². The van der Waals surface area contributed by atoms with E-state index in [1.54, 1.807) is 0 Å². The van der Waals surface area contributed by atoms with Gasteiger partial charge in [0.15, 0.2) is 0 Å². The molecule has 0 spiro atoms. The highest BCUT2D eigenvalue weighted by Gasteiger charge is 2.51. The van der Waals surface area contributed by atoms with E-state index in [-0.39, 0.29) is 18.0 Å². The second kappa shape index (κ2) is 14.4. The monoisotopic (exact) mass is 834 g/mol. The highest BCUT2D eigenvalue weighted by atomic mass is 15.2. The van der Waals surface area contributed by atoms with Gasteiger partial charge in [-0.3, -0.25) is 0 Å². The fraction of sp³-hybridized carbons (Fsp3) is 0.100. The molecule has 2 aromatic heterocycles. The van der Waals surface area contributed by atoms with E-state index in [1.807, 2.05) is 0 Å². The molecule has 2 aliphatic heterocycles. The maximum absolute atomic E-state index is 2.68. The summed E-state index contributed by atoms with van der Waals surface area (Å²) in [5.74, 6) is 0.263. The standard InChI is InChI=1S/C60H47BN4/c1-40-37-49-56-54(38-40)65-57-47-31-19-20-32-52(47)64(45-29-17-8-18-30-45)59(57)55-53(63(43-25-13-6-14-26-43)44-27-15-7-16-28-44)36-35-51(58(55)65)61(56)50-34-33-46(39-48(50)60(49,2)3)62(41-21-9-4-10-22-41)42-23-11-5-12-24-42/h4-38,48H,39H2,1-3H3. The van der Waals surface area contributed by atoms with Gasteiger partial charge in [-0.25, -0.2) is 0 Å². The van der Waals surface area contributed by atoms with E-state index in [0.29, 0.717) is 0 Å². The van der Waals surface area contributed by atoms with Gasteiger partial charge in [0.25, 0.3) is 0 Å². The molecule has 5 heteroatoms. The number of rotatable bonds is 7. The fourth-order valence-corrected chi connectivity index (χ4v) is 11.9. The Morgan fingerprint density at radius 2 is 1.09 bits per heavy atom. The van der Waals surface area contributed by atoms with E-state index in [2.05, 4.69) is 252 Å². The number of nitrogens with zero attached hydrogens (tertiary/aromatic N) is 4. The van der Waals surface area contributed by atoms with Gasteiger partial charge in [0.2, 0.25) is 6.71 Å². The summed E-state index contributed by atoms with van der Waals surface area (Å²) in [6.45, 7) is 7.40. The van der Waals surface area contributed by atoms with Gasteiger partial charge in [0, 0.05) is 50.6 Å². The second-order valence-electron chi connectivity index (χ2n) is 18.6. The number of aryl methyl sites for hydroxylation is 1. The lowest BCUT2D eigenvalue weighted by atomic mass is 9.27. The molecule has 310 valence electrons. The highest BCUT2D eigenvalue weighted by Crippen LogP contribution is 2.53. The molecule has 1 unspecified atom stereocenters. The maximum Gasteiger partial charge on any atom is 0.243 e. The average Bonchev–Trinajstić information content (AvgIpc) is 3.88. The van der Waals surface area contributed by atoms with Gasteiger partial charge in [0.1, 0.15) is 0 Å². The topological polar surface area (TPSA) is 16.3 Å². The van der Waals surface area contributed by atoms with E-state index in [0.717, 1.165) is 29.2 Å². The van der Waals surface area contributed by atoms with E-state index >= 15 is 0 Å². The molecule has 0 radical (unpaired) electrons. The summed E-state index contributed by atoms with van der Waals surface area (Å²) in [7, 11) is 0. The summed E-state index contributed by atoms with van der Waals surface area (Å²) in [6, 6.07) is 73.5. The molecule has 13 rings (SSSR count). The quantitative estimate of drug-likeness (QED) is 0.149. The summed E-state index contributed by atoms with van der Waals surface area (Å²) >= 11 is 0. The van der Waals surface area contributed by atoms with Crippen molar-refractivity contribution in [3.63, 3.8) is 0 Å². The largest absolute Gasteiger partial charge is 0.314 e. The number of benzene rings is 8. The van der Waals surface area contributed by atoms with Crippen LogP contribution >= 0.6 is 0 Å². The molecule has 65 heavy (non-hydrogen) atoms. The van der Waals surface area contributed by atoms with Crippen LogP contribution in [-0.4, -0.2) is 15.8 Å². The lowest BCUT2D eigenvalue weighted by Crippen LogP contribution is -2.60. The Labute approximate surface area is 380 Å². The van der Waals surface area contributed by atoms with Crippen molar-refractivity contribution in [3.8, 4) is 11.4 Å². The molecule has 4 nitrogen and oxygen atoms in total. The van der Waals surface area contributed by atoms with Gasteiger partial charge in [-0.2, -0.15) is 0 Å². The zero-order valence-corrected chi connectivity index (χ0v) is 36.9. The molecule has 1 aliphatic carbocycles. The number of anilines is 5. The highest BCUT2D eigenvalue weighted by molar-refractivity contribution is 6.94. The zero-order valence-electron chi connectivity index (χ0n) is 36.9. The zero-order chi connectivity index (χ0) is 43.4. The van der Waals surface area contributed by atoms with Crippen molar-refractivity contribution in [1.29, 1.82) is 0 Å². The van der Waals surface area contributed by atoms with E-state index in [4.69, 9.17) is 0 Å². The van der Waals surface area contributed by atoms with Crippen LogP contribution in [-0.2, 0) is 5.41 Å². The minimum atomic E-state index is -0.157. The van der Waals surface area contributed by atoms with Gasteiger partial charge in [0.05, 0.1) is 27.8 Å². The predicted octanol–water partition coefficient (Wildman–Crippen LogP) is 13.9. The normalized spacial score (nSPS) is 15.7. The molecular weight excluding hydrogens is 787 g/mol. The third kappa shape index (κ3) is 5.51. The third-order valence-electron chi connectivity index (χ3n) is 14.6. The molecule has 0 amide bonds. The van der Waals surface area contributed by atoms with Crippen LogP contribution in [0.4, 0.5) is 28.4 Å². The van der Waals surface area contributed by atoms with Crippen LogP contribution in [0, 0.1) is 12.8 Å². The number of aromatic nitrogens is 2. The average molecular weight is 835 g/mol. The molecule has 10 aromatic rings. The smallest absolute Gasteiger partial charge is 0.243 e.